The number of esters is 1. The number of carbonyl (C=O) groups excluding carboxylic acids is 2. The van der Waals surface area contributed by atoms with E-state index in [1.807, 2.05) is 91.5 Å². The molecule has 280 valence electrons. The van der Waals surface area contributed by atoms with Crippen molar-refractivity contribution in [2.24, 2.45) is 0 Å². The van der Waals surface area contributed by atoms with Gasteiger partial charge in [0, 0.05) is 56.9 Å². The number of amides is 1. The van der Waals surface area contributed by atoms with Gasteiger partial charge in [-0.3, -0.25) is 19.8 Å². The number of carboxylic acid groups (broad SMARTS) is 1. The largest absolute Gasteiger partial charge is 0.494 e. The summed E-state index contributed by atoms with van der Waals surface area (Å²) in [5.41, 5.74) is 5.55. The summed E-state index contributed by atoms with van der Waals surface area (Å²) in [6.45, 7) is 10.5. The molecule has 0 atom stereocenters. The van der Waals surface area contributed by atoms with E-state index in [0.717, 1.165) is 77.4 Å². The van der Waals surface area contributed by atoms with E-state index in [4.69, 9.17) is 9.47 Å². The SMILES string of the molecule is CCOC(=O)CN1CCN(CCCOc2ccc(-c3ccc(N4CCc5cccc(C(=O)Nc6nc7ccccc7s6)c5C4)nc3C(=O)O)c(C)c2)CC1. The topological polar surface area (TPSA) is 137 Å². The summed E-state index contributed by atoms with van der Waals surface area (Å²) in [5.74, 6) is -0.237. The van der Waals surface area contributed by atoms with Gasteiger partial charge in [0.1, 0.15) is 11.6 Å². The van der Waals surface area contributed by atoms with E-state index in [0.29, 0.717) is 61.3 Å². The third kappa shape index (κ3) is 8.54. The number of pyridine rings is 1. The summed E-state index contributed by atoms with van der Waals surface area (Å²) in [4.78, 5) is 53.6. The number of nitrogens with zero attached hydrogens (tertiary/aromatic N) is 5. The van der Waals surface area contributed by atoms with Gasteiger partial charge in [-0.2, -0.15) is 0 Å². The van der Waals surface area contributed by atoms with Crippen LogP contribution in [-0.4, -0.2) is 102 Å². The number of aromatic carboxylic acids is 1. The summed E-state index contributed by atoms with van der Waals surface area (Å²) in [6, 6.07) is 22.9. The predicted molar refractivity (Wildman–Crippen MR) is 210 cm³/mol. The van der Waals surface area contributed by atoms with E-state index in [9.17, 15) is 19.5 Å². The van der Waals surface area contributed by atoms with Crippen LogP contribution in [0.25, 0.3) is 21.3 Å². The number of nitrogens with one attached hydrogen (secondary N) is 1. The molecule has 2 aromatic heterocycles. The number of hydrogen-bond acceptors (Lipinski definition) is 11. The zero-order valence-electron chi connectivity index (χ0n) is 30.5. The molecule has 1 saturated heterocycles. The van der Waals surface area contributed by atoms with Gasteiger partial charge in [0.25, 0.3) is 5.91 Å². The number of aryl methyl sites for hydroxylation is 1. The van der Waals surface area contributed by atoms with E-state index in [-0.39, 0.29) is 17.6 Å². The molecule has 7 rings (SSSR count). The Morgan fingerprint density at radius 3 is 2.48 bits per heavy atom. The molecule has 0 unspecified atom stereocenters. The molecule has 12 nitrogen and oxygen atoms in total. The number of ether oxygens (including phenoxy) is 2. The standard InChI is InChI=1S/C41H44N6O6S/c1-3-52-37(48)26-46-21-19-45(20-22-46)17-7-23-53-29-12-13-30(27(2)24-29)31-14-15-36(43-38(31)40(50)51)47-18-16-28-8-6-9-32(33(28)25-47)39(49)44-41-42-34-10-4-5-11-35(34)54-41/h4-6,8-15,24H,3,7,16-23,25-26H2,1-2H3,(H,50,51)(H,42,44,49). The number of piperazine rings is 1. The number of carboxylic acids is 1. The molecule has 3 aromatic carbocycles. The number of benzene rings is 3. The maximum atomic E-state index is 13.5. The highest BCUT2D eigenvalue weighted by molar-refractivity contribution is 7.22. The molecular formula is C41H44N6O6S. The number of rotatable bonds is 13. The first kappa shape index (κ1) is 37.0. The lowest BCUT2D eigenvalue weighted by Crippen LogP contribution is -2.48. The summed E-state index contributed by atoms with van der Waals surface area (Å²) in [7, 11) is 0. The minimum atomic E-state index is -1.11. The Bertz CT molecular complexity index is 2130. The highest BCUT2D eigenvalue weighted by atomic mass is 32.1. The Morgan fingerprint density at radius 1 is 0.907 bits per heavy atom. The van der Waals surface area contributed by atoms with Crippen LogP contribution in [0.3, 0.4) is 0 Å². The second-order valence-electron chi connectivity index (χ2n) is 13.5. The molecule has 2 N–H and O–H groups in total. The van der Waals surface area contributed by atoms with Crippen LogP contribution in [0.5, 0.6) is 5.75 Å². The Hall–Kier alpha value is -5.37. The van der Waals surface area contributed by atoms with E-state index in [2.05, 4.69) is 25.1 Å². The fourth-order valence-corrected chi connectivity index (χ4v) is 8.01. The normalized spacial score (nSPS) is 14.8. The average Bonchev–Trinajstić information content (AvgIpc) is 3.59. The summed E-state index contributed by atoms with van der Waals surface area (Å²) in [6.07, 6.45) is 1.56. The van der Waals surface area contributed by atoms with Gasteiger partial charge < -0.3 is 24.4 Å². The Labute approximate surface area is 318 Å². The second-order valence-corrected chi connectivity index (χ2v) is 14.6. The highest BCUT2D eigenvalue weighted by Gasteiger charge is 2.26. The Kier molecular flexibility index (Phi) is 11.5. The van der Waals surface area contributed by atoms with Crippen molar-refractivity contribution in [3.8, 4) is 16.9 Å². The maximum absolute atomic E-state index is 13.5. The zero-order chi connectivity index (χ0) is 37.6. The molecule has 0 aliphatic carbocycles. The van der Waals surface area contributed by atoms with Crippen molar-refractivity contribution >= 4 is 50.3 Å². The van der Waals surface area contributed by atoms with Crippen LogP contribution in [0, 0.1) is 6.92 Å². The molecule has 13 heteroatoms. The monoisotopic (exact) mass is 748 g/mol. The predicted octanol–water partition coefficient (Wildman–Crippen LogP) is 6.13. The fraction of sp³-hybridized carbons (Fsp3) is 0.341. The minimum Gasteiger partial charge on any atom is -0.494 e. The smallest absolute Gasteiger partial charge is 0.355 e. The van der Waals surface area contributed by atoms with Crippen molar-refractivity contribution in [2.45, 2.75) is 33.2 Å². The lowest BCUT2D eigenvalue weighted by molar-refractivity contribution is -0.144. The average molecular weight is 749 g/mol. The summed E-state index contributed by atoms with van der Waals surface area (Å²) in [5, 5.41) is 13.8. The molecule has 0 spiro atoms. The van der Waals surface area contributed by atoms with Crippen molar-refractivity contribution in [1.29, 1.82) is 0 Å². The zero-order valence-corrected chi connectivity index (χ0v) is 31.4. The number of thiazole rings is 1. The van der Waals surface area contributed by atoms with Crippen molar-refractivity contribution in [3.63, 3.8) is 0 Å². The van der Waals surface area contributed by atoms with Gasteiger partial charge in [0.15, 0.2) is 10.8 Å². The van der Waals surface area contributed by atoms with Crippen LogP contribution < -0.4 is 15.0 Å². The molecule has 1 fully saturated rings. The number of aromatic nitrogens is 2. The van der Waals surface area contributed by atoms with Crippen molar-refractivity contribution in [1.82, 2.24) is 19.8 Å². The van der Waals surface area contributed by atoms with Crippen molar-refractivity contribution in [2.75, 3.05) is 69.2 Å². The number of para-hydroxylation sites is 1. The molecule has 5 aromatic rings. The molecule has 2 aliphatic heterocycles. The molecule has 2 aliphatic rings. The van der Waals surface area contributed by atoms with Crippen LogP contribution in [0.15, 0.2) is 72.8 Å². The number of hydrogen-bond donors (Lipinski definition) is 2. The molecule has 0 radical (unpaired) electrons. The summed E-state index contributed by atoms with van der Waals surface area (Å²) < 4.78 is 12.1. The lowest BCUT2D eigenvalue weighted by atomic mass is 9.94. The van der Waals surface area contributed by atoms with Crippen LogP contribution in [0.2, 0.25) is 0 Å². The first-order valence-corrected chi connectivity index (χ1v) is 19.2. The number of fused-ring (bicyclic) bond motifs is 2. The molecular weight excluding hydrogens is 705 g/mol. The van der Waals surface area contributed by atoms with Crippen LogP contribution in [0.4, 0.5) is 10.9 Å². The van der Waals surface area contributed by atoms with Gasteiger partial charge in [-0.15, -0.1) is 0 Å². The summed E-state index contributed by atoms with van der Waals surface area (Å²) >= 11 is 1.43. The van der Waals surface area contributed by atoms with E-state index in [1.165, 1.54) is 11.3 Å². The first-order valence-electron chi connectivity index (χ1n) is 18.4. The van der Waals surface area contributed by atoms with E-state index >= 15 is 0 Å². The molecule has 4 heterocycles. The van der Waals surface area contributed by atoms with E-state index in [1.54, 1.807) is 0 Å². The third-order valence-corrected chi connectivity index (χ3v) is 10.9. The van der Waals surface area contributed by atoms with Gasteiger partial charge in [-0.1, -0.05) is 41.7 Å². The fourth-order valence-electron chi connectivity index (χ4n) is 7.15. The minimum absolute atomic E-state index is 0.0284. The number of carbonyl (C=O) groups is 3. The van der Waals surface area contributed by atoms with Crippen molar-refractivity contribution in [3.05, 3.63) is 101 Å². The maximum Gasteiger partial charge on any atom is 0.355 e. The quantitative estimate of drug-likeness (QED) is 0.106. The van der Waals surface area contributed by atoms with Gasteiger partial charge in [-0.25, -0.2) is 14.8 Å². The van der Waals surface area contributed by atoms with Gasteiger partial charge in [0.05, 0.1) is 30.0 Å². The van der Waals surface area contributed by atoms with Gasteiger partial charge in [0.2, 0.25) is 0 Å². The van der Waals surface area contributed by atoms with E-state index < -0.39 is 5.97 Å². The number of anilines is 2. The first-order chi connectivity index (χ1) is 26.2. The molecule has 0 bridgehead atoms. The van der Waals surface area contributed by atoms with Crippen LogP contribution >= 0.6 is 11.3 Å². The van der Waals surface area contributed by atoms with Gasteiger partial charge >= 0.3 is 11.9 Å². The molecule has 1 amide bonds. The van der Waals surface area contributed by atoms with Gasteiger partial charge in [-0.05, 0) is 91.4 Å². The van der Waals surface area contributed by atoms with Crippen molar-refractivity contribution < 1.29 is 29.0 Å². The lowest BCUT2D eigenvalue weighted by Gasteiger charge is -2.34. The third-order valence-electron chi connectivity index (χ3n) is 9.94. The Morgan fingerprint density at radius 2 is 1.70 bits per heavy atom. The Balaban J connectivity index is 0.976. The second kappa shape index (κ2) is 16.8. The molecule has 54 heavy (non-hydrogen) atoms. The van der Waals surface area contributed by atoms with Crippen LogP contribution in [-0.2, 0) is 22.5 Å². The van der Waals surface area contributed by atoms with Crippen LogP contribution in [0.1, 0.15) is 50.9 Å². The highest BCUT2D eigenvalue weighted by Crippen LogP contribution is 2.33. The molecule has 0 saturated carbocycles.